The van der Waals surface area contributed by atoms with E-state index in [4.69, 9.17) is 25.6 Å². The Kier molecular flexibility index (Phi) is 4.77. The lowest BCUT2D eigenvalue weighted by molar-refractivity contribution is 0.213. The Labute approximate surface area is 137 Å². The van der Waals surface area contributed by atoms with Gasteiger partial charge in [0, 0.05) is 22.1 Å². The summed E-state index contributed by atoms with van der Waals surface area (Å²) in [6, 6.07) is 5.66. The molecule has 9 heteroatoms. The lowest BCUT2D eigenvalue weighted by Gasteiger charge is -2.15. The third-order valence-corrected chi connectivity index (χ3v) is 3.76. The second-order valence-electron chi connectivity index (χ2n) is 4.87. The zero-order chi connectivity index (χ0) is 16.4. The van der Waals surface area contributed by atoms with E-state index < -0.39 is 19.0 Å². The van der Waals surface area contributed by atoms with Gasteiger partial charge in [-0.1, -0.05) is 17.7 Å². The minimum atomic E-state index is -1.17. The molecule has 1 aliphatic heterocycles. The van der Waals surface area contributed by atoms with E-state index in [0.29, 0.717) is 24.7 Å². The van der Waals surface area contributed by atoms with Crippen LogP contribution in [0.1, 0.15) is 17.4 Å². The van der Waals surface area contributed by atoms with E-state index in [0.717, 1.165) is 6.07 Å². The van der Waals surface area contributed by atoms with E-state index >= 15 is 0 Å². The van der Waals surface area contributed by atoms with Gasteiger partial charge in [-0.3, -0.25) is 0 Å². The SMILES string of the molecule is COc1ccc(C(O)c2cc(B3OCCO3)c(F)cc2Cl)nn1. The number of hydrogen-bond acceptors (Lipinski definition) is 6. The largest absolute Gasteiger partial charge is 0.497 e. The fourth-order valence-corrected chi connectivity index (χ4v) is 2.51. The van der Waals surface area contributed by atoms with Gasteiger partial charge in [0.05, 0.1) is 26.0 Å². The summed E-state index contributed by atoms with van der Waals surface area (Å²) < 4.78 is 29.6. The monoisotopic (exact) mass is 338 g/mol. The highest BCUT2D eigenvalue weighted by Gasteiger charge is 2.31. The quantitative estimate of drug-likeness (QED) is 0.842. The molecule has 1 aromatic heterocycles. The van der Waals surface area contributed by atoms with Crippen LogP contribution in [-0.2, 0) is 9.31 Å². The Morgan fingerprint density at radius 3 is 2.65 bits per heavy atom. The molecule has 1 aliphatic rings. The van der Waals surface area contributed by atoms with E-state index in [-0.39, 0.29) is 16.2 Å². The lowest BCUT2D eigenvalue weighted by atomic mass is 9.77. The zero-order valence-electron chi connectivity index (χ0n) is 12.2. The molecule has 1 atom stereocenters. The molecule has 2 aromatic rings. The molecule has 1 N–H and O–H groups in total. The molecule has 0 saturated carbocycles. The summed E-state index contributed by atoms with van der Waals surface area (Å²) in [7, 11) is 0.658. The van der Waals surface area contributed by atoms with Crippen LogP contribution in [-0.4, -0.2) is 42.7 Å². The van der Waals surface area contributed by atoms with E-state index in [1.165, 1.54) is 13.2 Å². The molecule has 3 rings (SSSR count). The minimum Gasteiger partial charge on any atom is -0.480 e. The molecule has 0 aliphatic carbocycles. The number of methoxy groups -OCH3 is 1. The van der Waals surface area contributed by atoms with E-state index in [1.807, 2.05) is 0 Å². The average Bonchev–Trinajstić information content (AvgIpc) is 3.09. The zero-order valence-corrected chi connectivity index (χ0v) is 13.0. The molecule has 2 heterocycles. The predicted octanol–water partition coefficient (Wildman–Crippen LogP) is 1.10. The van der Waals surface area contributed by atoms with Gasteiger partial charge in [0.2, 0.25) is 5.88 Å². The van der Waals surface area contributed by atoms with Crippen molar-refractivity contribution in [3.05, 3.63) is 46.4 Å². The molecule has 0 spiro atoms. The molecule has 1 saturated heterocycles. The first-order valence-corrected chi connectivity index (χ1v) is 7.25. The lowest BCUT2D eigenvalue weighted by Crippen LogP contribution is -2.35. The number of hydrogen-bond donors (Lipinski definition) is 1. The molecule has 1 fully saturated rings. The van der Waals surface area contributed by atoms with E-state index in [9.17, 15) is 9.50 Å². The summed E-state index contributed by atoms with van der Waals surface area (Å²) in [5, 5.41) is 18.2. The standard InChI is InChI=1S/C14H13BClFN2O4/c1-21-13-3-2-12(18-19-13)14(20)8-6-9(11(17)7-10(8)16)15-22-4-5-23-15/h2-3,6-7,14,20H,4-5H2,1H3. The number of nitrogens with zero attached hydrogens (tertiary/aromatic N) is 2. The van der Waals surface area contributed by atoms with Gasteiger partial charge in [0.1, 0.15) is 11.9 Å². The van der Waals surface area contributed by atoms with Gasteiger partial charge >= 0.3 is 7.12 Å². The molecule has 0 bridgehead atoms. The number of rotatable bonds is 4. The van der Waals surface area contributed by atoms with Crippen LogP contribution in [0.4, 0.5) is 4.39 Å². The van der Waals surface area contributed by atoms with Crippen molar-refractivity contribution >= 4 is 24.2 Å². The van der Waals surface area contributed by atoms with Crippen LogP contribution in [0.2, 0.25) is 5.02 Å². The number of aromatic nitrogens is 2. The third kappa shape index (κ3) is 3.30. The molecule has 1 aromatic carbocycles. The molecule has 0 radical (unpaired) electrons. The first-order chi connectivity index (χ1) is 11.1. The van der Waals surface area contributed by atoms with Crippen LogP contribution in [0.15, 0.2) is 24.3 Å². The smallest absolute Gasteiger partial charge is 0.480 e. The minimum absolute atomic E-state index is 0.0781. The number of ether oxygens (including phenoxy) is 1. The molecule has 6 nitrogen and oxygen atoms in total. The Bertz CT molecular complexity index is 698. The van der Waals surface area contributed by atoms with Crippen molar-refractivity contribution in [2.24, 2.45) is 0 Å². The van der Waals surface area contributed by atoms with Crippen molar-refractivity contribution in [2.75, 3.05) is 20.3 Å². The van der Waals surface area contributed by atoms with Crippen molar-refractivity contribution in [1.29, 1.82) is 0 Å². The number of halogens is 2. The Morgan fingerprint density at radius 1 is 1.30 bits per heavy atom. The molecule has 1 unspecified atom stereocenters. The summed E-state index contributed by atoms with van der Waals surface area (Å²) >= 11 is 6.06. The second-order valence-corrected chi connectivity index (χ2v) is 5.28. The molecular weight excluding hydrogens is 325 g/mol. The van der Waals surface area contributed by atoms with E-state index in [1.54, 1.807) is 12.1 Å². The maximum Gasteiger partial charge on any atom is 0.497 e. The molecule has 0 amide bonds. The van der Waals surface area contributed by atoms with Crippen molar-refractivity contribution in [1.82, 2.24) is 10.2 Å². The fourth-order valence-electron chi connectivity index (χ4n) is 2.26. The van der Waals surface area contributed by atoms with Crippen molar-refractivity contribution in [3.63, 3.8) is 0 Å². The topological polar surface area (TPSA) is 73.7 Å². The summed E-state index contributed by atoms with van der Waals surface area (Å²) in [5.74, 6) is -0.238. The van der Waals surface area contributed by atoms with Crippen LogP contribution < -0.4 is 10.2 Å². The van der Waals surface area contributed by atoms with Crippen molar-refractivity contribution in [2.45, 2.75) is 6.10 Å². The Balaban J connectivity index is 1.95. The van der Waals surface area contributed by atoms with Gasteiger partial charge in [-0.25, -0.2) is 4.39 Å². The maximum atomic E-state index is 14.1. The Morgan fingerprint density at radius 2 is 2.04 bits per heavy atom. The summed E-state index contributed by atoms with van der Waals surface area (Å²) in [5.41, 5.74) is 0.738. The van der Waals surface area contributed by atoms with Crippen LogP contribution in [0.3, 0.4) is 0 Å². The number of aliphatic hydroxyl groups excluding tert-OH is 1. The van der Waals surface area contributed by atoms with Crippen LogP contribution in [0.5, 0.6) is 5.88 Å². The predicted molar refractivity (Wildman–Crippen MR) is 81.3 cm³/mol. The molecular formula is C14H13BClFN2O4. The summed E-state index contributed by atoms with van der Waals surface area (Å²) in [4.78, 5) is 0. The van der Waals surface area contributed by atoms with Crippen molar-refractivity contribution < 1.29 is 23.5 Å². The van der Waals surface area contributed by atoms with Gasteiger partial charge in [0.15, 0.2) is 0 Å². The fraction of sp³-hybridized carbons (Fsp3) is 0.286. The van der Waals surface area contributed by atoms with Gasteiger partial charge in [-0.2, -0.15) is 0 Å². The second kappa shape index (κ2) is 6.80. The highest BCUT2D eigenvalue weighted by Crippen LogP contribution is 2.28. The van der Waals surface area contributed by atoms with Crippen LogP contribution >= 0.6 is 11.6 Å². The first kappa shape index (κ1) is 16.1. The van der Waals surface area contributed by atoms with Crippen LogP contribution in [0, 0.1) is 5.82 Å². The third-order valence-electron chi connectivity index (χ3n) is 3.44. The molecule has 23 heavy (non-hydrogen) atoms. The highest BCUT2D eigenvalue weighted by molar-refractivity contribution is 6.62. The molecule has 120 valence electrons. The van der Waals surface area contributed by atoms with Gasteiger partial charge in [-0.15, -0.1) is 10.2 Å². The van der Waals surface area contributed by atoms with Gasteiger partial charge < -0.3 is 19.2 Å². The van der Waals surface area contributed by atoms with Crippen molar-refractivity contribution in [3.8, 4) is 5.88 Å². The Hall–Kier alpha value is -1.74. The first-order valence-electron chi connectivity index (χ1n) is 6.88. The highest BCUT2D eigenvalue weighted by atomic mass is 35.5. The number of benzene rings is 1. The normalized spacial score (nSPS) is 15.7. The van der Waals surface area contributed by atoms with Gasteiger partial charge in [-0.05, 0) is 12.1 Å². The van der Waals surface area contributed by atoms with Crippen LogP contribution in [0.25, 0.3) is 0 Å². The number of aliphatic hydroxyl groups is 1. The van der Waals surface area contributed by atoms with Gasteiger partial charge in [0.25, 0.3) is 0 Å². The summed E-state index contributed by atoms with van der Waals surface area (Å²) in [6.45, 7) is 0.767. The van der Waals surface area contributed by atoms with E-state index in [2.05, 4.69) is 10.2 Å². The summed E-state index contributed by atoms with van der Waals surface area (Å²) in [6.07, 6.45) is -1.17. The maximum absolute atomic E-state index is 14.1. The average molecular weight is 339 g/mol.